The first-order valence-electron chi connectivity index (χ1n) is 5.47. The number of halogens is 1. The van der Waals surface area contributed by atoms with Crippen LogP contribution in [0.25, 0.3) is 0 Å². The van der Waals surface area contributed by atoms with Crippen LogP contribution in [0.1, 0.15) is 18.1 Å². The Hall–Kier alpha value is -0.780. The number of rotatable bonds is 5. The lowest BCUT2D eigenvalue weighted by atomic mass is 10.1. The molecule has 1 aromatic carbocycles. The second-order valence-corrected chi connectivity index (χ2v) is 6.75. The Balaban J connectivity index is 3.02. The van der Waals surface area contributed by atoms with Crippen LogP contribution in [0.5, 0.6) is 5.75 Å². The predicted molar refractivity (Wildman–Crippen MR) is 70.9 cm³/mol. The lowest BCUT2D eigenvalue weighted by Gasteiger charge is -2.16. The summed E-state index contributed by atoms with van der Waals surface area (Å²) in [7, 11) is 3.22. The SMILES string of the molecule is COC(C)COc1c(C)cc(S(=O)(=O)Cl)cc1C. The molecule has 0 heterocycles. The Labute approximate surface area is 112 Å². The zero-order chi connectivity index (χ0) is 13.9. The van der Waals surface area contributed by atoms with Gasteiger partial charge in [-0.1, -0.05) is 0 Å². The van der Waals surface area contributed by atoms with Gasteiger partial charge in [-0.2, -0.15) is 0 Å². The van der Waals surface area contributed by atoms with Crippen LogP contribution in [0, 0.1) is 13.8 Å². The number of methoxy groups -OCH3 is 1. The van der Waals surface area contributed by atoms with Crippen LogP contribution >= 0.6 is 10.7 Å². The topological polar surface area (TPSA) is 52.6 Å². The molecule has 0 aliphatic heterocycles. The maximum atomic E-state index is 11.3. The van der Waals surface area contributed by atoms with Gasteiger partial charge >= 0.3 is 0 Å². The third-order valence-electron chi connectivity index (χ3n) is 2.58. The molecule has 0 amide bonds. The van der Waals surface area contributed by atoms with E-state index in [0.717, 1.165) is 11.1 Å². The summed E-state index contributed by atoms with van der Waals surface area (Å²) < 4.78 is 33.2. The Morgan fingerprint density at radius 3 is 2.17 bits per heavy atom. The van der Waals surface area contributed by atoms with E-state index < -0.39 is 9.05 Å². The van der Waals surface area contributed by atoms with Crippen molar-refractivity contribution in [2.24, 2.45) is 0 Å². The van der Waals surface area contributed by atoms with Crippen molar-refractivity contribution in [3.63, 3.8) is 0 Å². The van der Waals surface area contributed by atoms with Crippen molar-refractivity contribution in [2.45, 2.75) is 31.8 Å². The van der Waals surface area contributed by atoms with Gasteiger partial charge in [0.1, 0.15) is 12.4 Å². The van der Waals surface area contributed by atoms with E-state index in [9.17, 15) is 8.42 Å². The van der Waals surface area contributed by atoms with Crippen LogP contribution in [-0.2, 0) is 13.8 Å². The molecule has 102 valence electrons. The number of benzene rings is 1. The van der Waals surface area contributed by atoms with Gasteiger partial charge in [-0.15, -0.1) is 0 Å². The minimum absolute atomic E-state index is 0.0276. The second kappa shape index (κ2) is 5.91. The van der Waals surface area contributed by atoms with E-state index in [4.69, 9.17) is 20.2 Å². The minimum Gasteiger partial charge on any atom is -0.490 e. The van der Waals surface area contributed by atoms with E-state index in [1.165, 1.54) is 12.1 Å². The Morgan fingerprint density at radius 2 is 1.78 bits per heavy atom. The van der Waals surface area contributed by atoms with Crippen molar-refractivity contribution < 1.29 is 17.9 Å². The van der Waals surface area contributed by atoms with Crippen LogP contribution in [-0.4, -0.2) is 28.2 Å². The molecule has 6 heteroatoms. The molecule has 4 nitrogen and oxygen atoms in total. The average Bonchev–Trinajstić information content (AvgIpc) is 2.26. The molecule has 0 aliphatic carbocycles. The molecule has 0 saturated heterocycles. The Bertz CT molecular complexity index is 502. The molecule has 0 bridgehead atoms. The summed E-state index contributed by atoms with van der Waals surface area (Å²) in [6.45, 7) is 5.87. The van der Waals surface area contributed by atoms with Crippen molar-refractivity contribution in [1.82, 2.24) is 0 Å². The normalized spacial score (nSPS) is 13.4. The Kier molecular flexibility index (Phi) is 5.01. The van der Waals surface area contributed by atoms with Crippen molar-refractivity contribution >= 4 is 19.7 Å². The standard InChI is InChI=1S/C12H17ClO4S/c1-8-5-11(18(13,14)15)6-9(2)12(8)17-7-10(3)16-4/h5-6,10H,7H2,1-4H3. The van der Waals surface area contributed by atoms with E-state index in [1.807, 2.05) is 6.92 Å². The monoisotopic (exact) mass is 292 g/mol. The highest BCUT2D eigenvalue weighted by Gasteiger charge is 2.15. The second-order valence-electron chi connectivity index (χ2n) is 4.18. The smallest absolute Gasteiger partial charge is 0.261 e. The summed E-state index contributed by atoms with van der Waals surface area (Å²) in [5.41, 5.74) is 1.47. The highest BCUT2D eigenvalue weighted by Crippen LogP contribution is 2.28. The molecule has 0 spiro atoms. The lowest BCUT2D eigenvalue weighted by Crippen LogP contribution is -2.16. The molecule has 0 saturated carbocycles. The van der Waals surface area contributed by atoms with Crippen molar-refractivity contribution in [2.75, 3.05) is 13.7 Å². The average molecular weight is 293 g/mol. The fraction of sp³-hybridized carbons (Fsp3) is 0.500. The number of hydrogen-bond acceptors (Lipinski definition) is 4. The van der Waals surface area contributed by atoms with Crippen LogP contribution in [0.2, 0.25) is 0 Å². The fourth-order valence-corrected chi connectivity index (χ4v) is 2.45. The first kappa shape index (κ1) is 15.3. The molecule has 1 aromatic rings. The third kappa shape index (κ3) is 3.86. The van der Waals surface area contributed by atoms with Crippen molar-refractivity contribution in [3.8, 4) is 5.75 Å². The molecule has 0 radical (unpaired) electrons. The molecule has 0 aromatic heterocycles. The summed E-state index contributed by atoms with van der Waals surface area (Å²) in [6.07, 6.45) is -0.0276. The number of aryl methyl sites for hydroxylation is 2. The van der Waals surface area contributed by atoms with E-state index >= 15 is 0 Å². The van der Waals surface area contributed by atoms with Gasteiger partial charge in [0, 0.05) is 17.8 Å². The fourth-order valence-electron chi connectivity index (χ4n) is 1.55. The lowest BCUT2D eigenvalue weighted by molar-refractivity contribution is 0.0711. The summed E-state index contributed by atoms with van der Waals surface area (Å²) in [6, 6.07) is 3.00. The first-order valence-corrected chi connectivity index (χ1v) is 7.78. The summed E-state index contributed by atoms with van der Waals surface area (Å²) >= 11 is 0. The first-order chi connectivity index (χ1) is 8.25. The number of hydrogen-bond donors (Lipinski definition) is 0. The Morgan fingerprint density at radius 1 is 1.28 bits per heavy atom. The van der Waals surface area contributed by atoms with Gasteiger partial charge in [-0.25, -0.2) is 8.42 Å². The molecule has 1 unspecified atom stereocenters. The molecule has 1 rings (SSSR count). The van der Waals surface area contributed by atoms with E-state index in [0.29, 0.717) is 12.4 Å². The van der Waals surface area contributed by atoms with Gasteiger partial charge in [0.05, 0.1) is 11.0 Å². The zero-order valence-electron chi connectivity index (χ0n) is 10.9. The quantitative estimate of drug-likeness (QED) is 0.783. The highest BCUT2D eigenvalue weighted by atomic mass is 35.7. The summed E-state index contributed by atoms with van der Waals surface area (Å²) in [4.78, 5) is 0.0892. The van der Waals surface area contributed by atoms with Crippen LogP contribution < -0.4 is 4.74 Å². The molecular formula is C12H17ClO4S. The van der Waals surface area contributed by atoms with E-state index in [-0.39, 0.29) is 11.0 Å². The molecular weight excluding hydrogens is 276 g/mol. The molecule has 1 atom stereocenters. The summed E-state index contributed by atoms with van der Waals surface area (Å²) in [5.74, 6) is 0.669. The van der Waals surface area contributed by atoms with E-state index in [1.54, 1.807) is 21.0 Å². The maximum absolute atomic E-state index is 11.3. The van der Waals surface area contributed by atoms with Gasteiger partial charge in [-0.05, 0) is 44.0 Å². The predicted octanol–water partition coefficient (Wildman–Crippen LogP) is 2.64. The van der Waals surface area contributed by atoms with E-state index in [2.05, 4.69) is 0 Å². The maximum Gasteiger partial charge on any atom is 0.261 e. The number of ether oxygens (including phenoxy) is 2. The summed E-state index contributed by atoms with van der Waals surface area (Å²) in [5, 5.41) is 0. The molecule has 0 N–H and O–H groups in total. The van der Waals surface area contributed by atoms with Gasteiger partial charge in [0.25, 0.3) is 9.05 Å². The largest absolute Gasteiger partial charge is 0.490 e. The third-order valence-corrected chi connectivity index (χ3v) is 3.91. The van der Waals surface area contributed by atoms with Crippen LogP contribution in [0.15, 0.2) is 17.0 Å². The zero-order valence-corrected chi connectivity index (χ0v) is 12.4. The molecule has 0 fully saturated rings. The van der Waals surface area contributed by atoms with Crippen molar-refractivity contribution in [1.29, 1.82) is 0 Å². The van der Waals surface area contributed by atoms with Gasteiger partial charge < -0.3 is 9.47 Å². The van der Waals surface area contributed by atoms with Gasteiger partial charge in [0.15, 0.2) is 0 Å². The molecule has 0 aliphatic rings. The molecule has 18 heavy (non-hydrogen) atoms. The van der Waals surface area contributed by atoms with Gasteiger partial charge in [-0.3, -0.25) is 0 Å². The van der Waals surface area contributed by atoms with Crippen molar-refractivity contribution in [3.05, 3.63) is 23.3 Å². The van der Waals surface area contributed by atoms with Crippen LogP contribution in [0.4, 0.5) is 0 Å². The highest BCUT2D eigenvalue weighted by molar-refractivity contribution is 8.13. The van der Waals surface area contributed by atoms with Gasteiger partial charge in [0.2, 0.25) is 0 Å². The van der Waals surface area contributed by atoms with Crippen LogP contribution in [0.3, 0.4) is 0 Å². The minimum atomic E-state index is -3.71.